The highest BCUT2D eigenvalue weighted by atomic mass is 32.1. The number of hydrogen-bond acceptors (Lipinski definition) is 4. The Morgan fingerprint density at radius 3 is 2.88 bits per heavy atom. The first-order chi connectivity index (χ1) is 11.7. The van der Waals surface area contributed by atoms with E-state index in [4.69, 9.17) is 0 Å². The Labute approximate surface area is 147 Å². The zero-order valence-electron chi connectivity index (χ0n) is 14.1. The second-order valence-electron chi connectivity index (χ2n) is 6.82. The number of aryl methyl sites for hydroxylation is 1. The Kier molecular flexibility index (Phi) is 4.27. The van der Waals surface area contributed by atoms with Gasteiger partial charge in [-0.15, -0.1) is 11.3 Å². The van der Waals surface area contributed by atoms with Crippen LogP contribution in [0.4, 0.5) is 5.13 Å². The molecular weight excluding hydrogens is 318 g/mol. The molecule has 2 aliphatic heterocycles. The van der Waals surface area contributed by atoms with E-state index in [0.717, 1.165) is 50.6 Å². The number of anilines is 1. The summed E-state index contributed by atoms with van der Waals surface area (Å²) in [6, 6.07) is 8.50. The molecule has 5 heteroatoms. The van der Waals surface area contributed by atoms with E-state index in [1.54, 1.807) is 11.3 Å². The molecule has 126 valence electrons. The number of fused-ring (bicyclic) bond motifs is 1. The number of benzene rings is 1. The average molecular weight is 341 g/mol. The summed E-state index contributed by atoms with van der Waals surface area (Å²) in [4.78, 5) is 23.1. The zero-order valence-corrected chi connectivity index (χ0v) is 14.9. The van der Waals surface area contributed by atoms with Crippen molar-refractivity contribution in [3.05, 3.63) is 46.5 Å². The summed E-state index contributed by atoms with van der Waals surface area (Å²) < 4.78 is 0. The summed E-state index contributed by atoms with van der Waals surface area (Å²) in [5.74, 6) is 0.427. The molecule has 0 N–H and O–H groups in total. The lowest BCUT2D eigenvalue weighted by molar-refractivity contribution is -0.136. The molecule has 1 aromatic carbocycles. The second-order valence-corrected chi connectivity index (χ2v) is 8.03. The van der Waals surface area contributed by atoms with E-state index in [1.807, 2.05) is 6.20 Å². The lowest BCUT2D eigenvalue weighted by Gasteiger charge is -2.36. The molecule has 4 rings (SSSR count). The standard InChI is InChI=1S/C19H23N3OS/c1-14-11-20-19(24-14)22-9-4-7-17(13-22)18(23)21-10-8-15-5-2-3-6-16(15)12-21/h2-3,5-6,11,17H,4,7-10,12-13H2,1H3. The van der Waals surface area contributed by atoms with Gasteiger partial charge < -0.3 is 9.80 Å². The van der Waals surface area contributed by atoms with Gasteiger partial charge in [0, 0.05) is 37.3 Å². The molecule has 0 bridgehead atoms. The Hall–Kier alpha value is -1.88. The molecule has 0 spiro atoms. The third-order valence-corrected chi connectivity index (χ3v) is 6.07. The van der Waals surface area contributed by atoms with Gasteiger partial charge in [-0.1, -0.05) is 24.3 Å². The van der Waals surface area contributed by atoms with Crippen LogP contribution in [0.15, 0.2) is 30.5 Å². The average Bonchev–Trinajstić information content (AvgIpc) is 3.07. The third-order valence-electron chi connectivity index (χ3n) is 5.09. The number of nitrogens with zero attached hydrogens (tertiary/aromatic N) is 3. The van der Waals surface area contributed by atoms with E-state index < -0.39 is 0 Å². The van der Waals surface area contributed by atoms with Gasteiger partial charge in [0.1, 0.15) is 0 Å². The Balaban J connectivity index is 1.45. The minimum atomic E-state index is 0.105. The molecule has 1 aromatic heterocycles. The maximum atomic E-state index is 13.0. The van der Waals surface area contributed by atoms with Gasteiger partial charge >= 0.3 is 0 Å². The SMILES string of the molecule is Cc1cnc(N2CCCC(C(=O)N3CCc4ccccc4C3)C2)s1. The number of carbonyl (C=O) groups excluding carboxylic acids is 1. The Morgan fingerprint density at radius 2 is 2.08 bits per heavy atom. The molecule has 1 atom stereocenters. The number of aromatic nitrogens is 1. The largest absolute Gasteiger partial charge is 0.347 e. The van der Waals surface area contributed by atoms with Gasteiger partial charge in [-0.3, -0.25) is 4.79 Å². The van der Waals surface area contributed by atoms with Crippen LogP contribution in [0.2, 0.25) is 0 Å². The quantitative estimate of drug-likeness (QED) is 0.841. The molecule has 1 amide bonds. The van der Waals surface area contributed by atoms with Crippen LogP contribution in [0, 0.1) is 12.8 Å². The van der Waals surface area contributed by atoms with Crippen molar-refractivity contribution in [1.82, 2.24) is 9.88 Å². The molecule has 1 unspecified atom stereocenters. The van der Waals surface area contributed by atoms with Crippen LogP contribution in [-0.2, 0) is 17.8 Å². The van der Waals surface area contributed by atoms with E-state index in [9.17, 15) is 4.79 Å². The van der Waals surface area contributed by atoms with E-state index >= 15 is 0 Å². The number of thiazole rings is 1. The molecule has 0 saturated carbocycles. The van der Waals surface area contributed by atoms with Crippen molar-refractivity contribution in [2.75, 3.05) is 24.5 Å². The monoisotopic (exact) mass is 341 g/mol. The summed E-state index contributed by atoms with van der Waals surface area (Å²) >= 11 is 1.72. The summed E-state index contributed by atoms with van der Waals surface area (Å²) in [6.07, 6.45) is 4.97. The number of amides is 1. The van der Waals surface area contributed by atoms with Gasteiger partial charge in [0.05, 0.1) is 5.92 Å². The predicted molar refractivity (Wildman–Crippen MR) is 97.4 cm³/mol. The zero-order chi connectivity index (χ0) is 16.5. The molecular formula is C19H23N3OS. The molecule has 1 saturated heterocycles. The van der Waals surface area contributed by atoms with E-state index in [1.165, 1.54) is 16.0 Å². The van der Waals surface area contributed by atoms with E-state index in [0.29, 0.717) is 5.91 Å². The van der Waals surface area contributed by atoms with Crippen LogP contribution in [0.1, 0.15) is 28.8 Å². The first-order valence-corrected chi connectivity index (χ1v) is 9.55. The smallest absolute Gasteiger partial charge is 0.227 e. The molecule has 2 aromatic rings. The van der Waals surface area contributed by atoms with Crippen LogP contribution in [0.5, 0.6) is 0 Å². The van der Waals surface area contributed by atoms with Crippen molar-refractivity contribution in [2.24, 2.45) is 5.92 Å². The van der Waals surface area contributed by atoms with Crippen molar-refractivity contribution in [3.8, 4) is 0 Å². The minimum Gasteiger partial charge on any atom is -0.347 e. The van der Waals surface area contributed by atoms with Gasteiger partial charge in [0.15, 0.2) is 5.13 Å². The van der Waals surface area contributed by atoms with Crippen LogP contribution >= 0.6 is 11.3 Å². The van der Waals surface area contributed by atoms with Crippen LogP contribution < -0.4 is 4.90 Å². The van der Waals surface area contributed by atoms with Crippen molar-refractivity contribution in [3.63, 3.8) is 0 Å². The summed E-state index contributed by atoms with van der Waals surface area (Å²) in [7, 11) is 0. The van der Waals surface area contributed by atoms with Gasteiger partial charge in [-0.25, -0.2) is 4.98 Å². The minimum absolute atomic E-state index is 0.105. The van der Waals surface area contributed by atoms with Gasteiger partial charge in [0.25, 0.3) is 0 Å². The molecule has 2 aliphatic rings. The van der Waals surface area contributed by atoms with Crippen molar-refractivity contribution in [2.45, 2.75) is 32.7 Å². The molecule has 4 nitrogen and oxygen atoms in total. The first-order valence-electron chi connectivity index (χ1n) is 8.73. The Bertz CT molecular complexity index is 742. The number of piperidine rings is 1. The molecule has 1 fully saturated rings. The van der Waals surface area contributed by atoms with Gasteiger partial charge in [-0.2, -0.15) is 0 Å². The van der Waals surface area contributed by atoms with Crippen molar-refractivity contribution < 1.29 is 4.79 Å². The van der Waals surface area contributed by atoms with Crippen molar-refractivity contribution in [1.29, 1.82) is 0 Å². The summed E-state index contributed by atoms with van der Waals surface area (Å²) in [5.41, 5.74) is 2.70. The van der Waals surface area contributed by atoms with Crippen LogP contribution in [0.3, 0.4) is 0 Å². The van der Waals surface area contributed by atoms with Gasteiger partial charge in [-0.05, 0) is 37.3 Å². The fourth-order valence-electron chi connectivity index (χ4n) is 3.78. The Morgan fingerprint density at radius 1 is 1.25 bits per heavy atom. The second kappa shape index (κ2) is 6.55. The number of hydrogen-bond donors (Lipinski definition) is 0. The summed E-state index contributed by atoms with van der Waals surface area (Å²) in [5, 5.41) is 1.06. The number of carbonyl (C=O) groups is 1. The lowest BCUT2D eigenvalue weighted by Crippen LogP contribution is -2.46. The molecule has 3 heterocycles. The molecule has 0 radical (unpaired) electrons. The highest BCUT2D eigenvalue weighted by Gasteiger charge is 2.31. The third kappa shape index (κ3) is 3.05. The van der Waals surface area contributed by atoms with Crippen LogP contribution in [0.25, 0.3) is 0 Å². The predicted octanol–water partition coefficient (Wildman–Crippen LogP) is 3.25. The highest BCUT2D eigenvalue weighted by Crippen LogP contribution is 2.29. The first kappa shape index (κ1) is 15.6. The molecule has 24 heavy (non-hydrogen) atoms. The lowest BCUT2D eigenvalue weighted by atomic mass is 9.94. The topological polar surface area (TPSA) is 36.4 Å². The highest BCUT2D eigenvalue weighted by molar-refractivity contribution is 7.15. The van der Waals surface area contributed by atoms with Gasteiger partial charge in [0.2, 0.25) is 5.91 Å². The van der Waals surface area contributed by atoms with E-state index in [-0.39, 0.29) is 5.92 Å². The number of rotatable bonds is 2. The van der Waals surface area contributed by atoms with Crippen molar-refractivity contribution >= 4 is 22.4 Å². The normalized spacial score (nSPS) is 20.8. The van der Waals surface area contributed by atoms with E-state index in [2.05, 4.69) is 46.0 Å². The van der Waals surface area contributed by atoms with Crippen LogP contribution in [-0.4, -0.2) is 35.4 Å². The maximum Gasteiger partial charge on any atom is 0.227 e. The summed E-state index contributed by atoms with van der Waals surface area (Å²) in [6.45, 7) is 5.52. The fraction of sp³-hybridized carbons (Fsp3) is 0.474. The maximum absolute atomic E-state index is 13.0. The fourth-order valence-corrected chi connectivity index (χ4v) is 4.58. The molecule has 0 aliphatic carbocycles.